The summed E-state index contributed by atoms with van der Waals surface area (Å²) < 4.78 is 0. The molecule has 2 rings (SSSR count). The molecule has 0 saturated heterocycles. The Morgan fingerprint density at radius 3 is 2.86 bits per heavy atom. The molecule has 0 bridgehead atoms. The minimum atomic E-state index is 0.0691. The first-order valence-corrected chi connectivity index (χ1v) is 5.96. The molecular weight excluding hydrogens is 212 g/mol. The number of carbonyl (C=O) groups is 1. The van der Waals surface area contributed by atoms with Crippen LogP contribution in [0.2, 0.25) is 0 Å². The van der Waals surface area contributed by atoms with Crippen LogP contribution in [0.4, 0.5) is 0 Å². The summed E-state index contributed by atoms with van der Waals surface area (Å²) >= 11 is 3.16. The molecule has 0 aromatic carbocycles. The summed E-state index contributed by atoms with van der Waals surface area (Å²) in [5.41, 5.74) is 0.766. The van der Waals surface area contributed by atoms with E-state index in [0.29, 0.717) is 0 Å². The third-order valence-electron chi connectivity index (χ3n) is 1.75. The standard InChI is InChI=1S/C11H8OS2/c12-11(9-5-7-13-8-9)4-3-10-2-1-6-14-10/h1-8H. The first kappa shape index (κ1) is 9.37. The van der Waals surface area contributed by atoms with Crippen LogP contribution in [0.1, 0.15) is 15.2 Å². The Bertz CT molecular complexity index is 424. The number of allylic oxidation sites excluding steroid dienone is 1. The number of carbonyl (C=O) groups excluding carboxylic acids is 1. The maximum Gasteiger partial charge on any atom is 0.186 e. The smallest absolute Gasteiger partial charge is 0.186 e. The molecule has 0 aliphatic carbocycles. The lowest BCUT2D eigenvalue weighted by molar-refractivity contribution is 0.104. The van der Waals surface area contributed by atoms with E-state index in [9.17, 15) is 4.79 Å². The minimum Gasteiger partial charge on any atom is -0.289 e. The van der Waals surface area contributed by atoms with Crippen LogP contribution in [0.15, 0.2) is 40.4 Å². The van der Waals surface area contributed by atoms with Gasteiger partial charge in [0.25, 0.3) is 0 Å². The lowest BCUT2D eigenvalue weighted by atomic mass is 10.2. The Labute approximate surface area is 90.3 Å². The minimum absolute atomic E-state index is 0.0691. The molecule has 2 aromatic rings. The summed E-state index contributed by atoms with van der Waals surface area (Å²) in [6, 6.07) is 5.80. The molecule has 0 fully saturated rings. The van der Waals surface area contributed by atoms with Gasteiger partial charge in [0.15, 0.2) is 5.78 Å². The maximum absolute atomic E-state index is 11.5. The van der Waals surface area contributed by atoms with Crippen molar-refractivity contribution >= 4 is 34.5 Å². The van der Waals surface area contributed by atoms with Crippen molar-refractivity contribution in [2.24, 2.45) is 0 Å². The molecule has 0 N–H and O–H groups in total. The largest absolute Gasteiger partial charge is 0.289 e. The molecular formula is C11H8OS2. The van der Waals surface area contributed by atoms with Gasteiger partial charge in [-0.15, -0.1) is 11.3 Å². The zero-order valence-corrected chi connectivity index (χ0v) is 8.98. The molecule has 0 aliphatic rings. The quantitative estimate of drug-likeness (QED) is 0.569. The third-order valence-corrected chi connectivity index (χ3v) is 3.27. The average Bonchev–Trinajstić information content (AvgIpc) is 2.87. The van der Waals surface area contributed by atoms with E-state index < -0.39 is 0 Å². The van der Waals surface area contributed by atoms with Gasteiger partial charge in [0.2, 0.25) is 0 Å². The Kier molecular flexibility index (Phi) is 2.91. The summed E-state index contributed by atoms with van der Waals surface area (Å²) in [6.45, 7) is 0. The van der Waals surface area contributed by atoms with Gasteiger partial charge in [-0.3, -0.25) is 4.79 Å². The van der Waals surface area contributed by atoms with Gasteiger partial charge in [-0.1, -0.05) is 6.07 Å². The maximum atomic E-state index is 11.5. The van der Waals surface area contributed by atoms with E-state index in [2.05, 4.69) is 0 Å². The first-order chi connectivity index (χ1) is 6.86. The molecule has 3 heteroatoms. The van der Waals surface area contributed by atoms with Crippen molar-refractivity contribution in [1.82, 2.24) is 0 Å². The molecule has 0 aliphatic heterocycles. The van der Waals surface area contributed by atoms with E-state index in [-0.39, 0.29) is 5.78 Å². The predicted octanol–water partition coefficient (Wildman–Crippen LogP) is 3.71. The van der Waals surface area contributed by atoms with Gasteiger partial charge >= 0.3 is 0 Å². The highest BCUT2D eigenvalue weighted by atomic mass is 32.1. The summed E-state index contributed by atoms with van der Waals surface area (Å²) in [5, 5.41) is 5.77. The first-order valence-electron chi connectivity index (χ1n) is 4.14. The second-order valence-electron chi connectivity index (χ2n) is 2.73. The molecule has 0 spiro atoms. The highest BCUT2D eigenvalue weighted by molar-refractivity contribution is 7.10. The normalized spacial score (nSPS) is 10.9. The van der Waals surface area contributed by atoms with Crippen molar-refractivity contribution in [3.63, 3.8) is 0 Å². The van der Waals surface area contributed by atoms with Crippen molar-refractivity contribution in [2.45, 2.75) is 0 Å². The van der Waals surface area contributed by atoms with Gasteiger partial charge in [-0.2, -0.15) is 11.3 Å². The van der Waals surface area contributed by atoms with E-state index in [1.807, 2.05) is 40.4 Å². The third kappa shape index (κ3) is 2.19. The van der Waals surface area contributed by atoms with Crippen LogP contribution in [0, 0.1) is 0 Å². The van der Waals surface area contributed by atoms with Crippen LogP contribution in [0.25, 0.3) is 6.08 Å². The Hall–Kier alpha value is -1.19. The van der Waals surface area contributed by atoms with Crippen LogP contribution in [0.5, 0.6) is 0 Å². The molecule has 2 heterocycles. The van der Waals surface area contributed by atoms with Gasteiger partial charge < -0.3 is 0 Å². The fraction of sp³-hybridized carbons (Fsp3) is 0. The fourth-order valence-corrected chi connectivity index (χ4v) is 2.31. The Morgan fingerprint density at radius 1 is 1.29 bits per heavy atom. The van der Waals surface area contributed by atoms with Gasteiger partial charge in [0, 0.05) is 15.8 Å². The average molecular weight is 220 g/mol. The molecule has 70 valence electrons. The van der Waals surface area contributed by atoms with Crippen molar-refractivity contribution in [2.75, 3.05) is 0 Å². The highest BCUT2D eigenvalue weighted by Gasteiger charge is 2.00. The molecule has 0 unspecified atom stereocenters. The van der Waals surface area contributed by atoms with Crippen LogP contribution in [-0.4, -0.2) is 5.78 Å². The number of rotatable bonds is 3. The number of ketones is 1. The van der Waals surface area contributed by atoms with E-state index in [4.69, 9.17) is 0 Å². The van der Waals surface area contributed by atoms with Gasteiger partial charge in [-0.25, -0.2) is 0 Å². The monoisotopic (exact) mass is 220 g/mol. The summed E-state index contributed by atoms with van der Waals surface area (Å²) in [7, 11) is 0. The van der Waals surface area contributed by atoms with Crippen molar-refractivity contribution in [1.29, 1.82) is 0 Å². The van der Waals surface area contributed by atoms with Crippen LogP contribution < -0.4 is 0 Å². The SMILES string of the molecule is O=C(C=Cc1cccs1)c1ccsc1. The van der Waals surface area contributed by atoms with Gasteiger partial charge in [-0.05, 0) is 35.0 Å². The zero-order valence-electron chi connectivity index (χ0n) is 7.34. The van der Waals surface area contributed by atoms with E-state index in [1.54, 1.807) is 17.4 Å². The Morgan fingerprint density at radius 2 is 2.21 bits per heavy atom. The molecule has 0 saturated carbocycles. The van der Waals surface area contributed by atoms with E-state index in [0.717, 1.165) is 10.4 Å². The second-order valence-corrected chi connectivity index (χ2v) is 4.48. The van der Waals surface area contributed by atoms with E-state index in [1.165, 1.54) is 11.3 Å². The number of hydrogen-bond acceptors (Lipinski definition) is 3. The van der Waals surface area contributed by atoms with Crippen molar-refractivity contribution in [3.8, 4) is 0 Å². The number of thiophene rings is 2. The topological polar surface area (TPSA) is 17.1 Å². The predicted molar refractivity (Wildman–Crippen MR) is 62.0 cm³/mol. The molecule has 0 radical (unpaired) electrons. The highest BCUT2D eigenvalue weighted by Crippen LogP contribution is 2.12. The Balaban J connectivity index is 2.09. The summed E-state index contributed by atoms with van der Waals surface area (Å²) in [5.74, 6) is 0.0691. The second kappa shape index (κ2) is 4.35. The van der Waals surface area contributed by atoms with Crippen LogP contribution in [0.3, 0.4) is 0 Å². The summed E-state index contributed by atoms with van der Waals surface area (Å²) in [4.78, 5) is 12.6. The molecule has 2 aromatic heterocycles. The number of hydrogen-bond donors (Lipinski definition) is 0. The lowest BCUT2D eigenvalue weighted by Gasteiger charge is -1.87. The summed E-state index contributed by atoms with van der Waals surface area (Å²) in [6.07, 6.45) is 3.47. The van der Waals surface area contributed by atoms with Crippen molar-refractivity contribution < 1.29 is 4.79 Å². The van der Waals surface area contributed by atoms with Crippen molar-refractivity contribution in [3.05, 3.63) is 50.9 Å². The van der Waals surface area contributed by atoms with Gasteiger partial charge in [0.1, 0.15) is 0 Å². The van der Waals surface area contributed by atoms with Crippen LogP contribution >= 0.6 is 22.7 Å². The molecule has 14 heavy (non-hydrogen) atoms. The molecule has 1 nitrogen and oxygen atoms in total. The zero-order chi connectivity index (χ0) is 9.80. The van der Waals surface area contributed by atoms with E-state index >= 15 is 0 Å². The fourth-order valence-electron chi connectivity index (χ4n) is 1.04. The van der Waals surface area contributed by atoms with Crippen LogP contribution in [-0.2, 0) is 0 Å². The lowest BCUT2D eigenvalue weighted by Crippen LogP contribution is -1.89. The molecule has 0 atom stereocenters. The van der Waals surface area contributed by atoms with Gasteiger partial charge in [0.05, 0.1) is 0 Å². The molecule has 0 amide bonds.